The first-order valence-electron chi connectivity index (χ1n) is 10.9. The van der Waals surface area contributed by atoms with Gasteiger partial charge in [-0.2, -0.15) is 4.68 Å². The van der Waals surface area contributed by atoms with E-state index in [1.807, 2.05) is 66.4 Å². The van der Waals surface area contributed by atoms with Gasteiger partial charge in [0.15, 0.2) is 0 Å². The van der Waals surface area contributed by atoms with E-state index in [-0.39, 0.29) is 11.5 Å². The molecule has 5 rings (SSSR count). The van der Waals surface area contributed by atoms with Gasteiger partial charge in [0, 0.05) is 43.1 Å². The second kappa shape index (κ2) is 8.34. The van der Waals surface area contributed by atoms with Gasteiger partial charge in [-0.15, -0.1) is 5.10 Å². The van der Waals surface area contributed by atoms with E-state index >= 15 is 0 Å². The summed E-state index contributed by atoms with van der Waals surface area (Å²) in [5, 5.41) is 5.65. The van der Waals surface area contributed by atoms with E-state index in [2.05, 4.69) is 15.0 Å². The van der Waals surface area contributed by atoms with Crippen LogP contribution in [0.15, 0.2) is 71.5 Å². The lowest BCUT2D eigenvalue weighted by Crippen LogP contribution is -2.36. The van der Waals surface area contributed by atoms with E-state index in [1.54, 1.807) is 12.1 Å². The molecule has 0 saturated carbocycles. The summed E-state index contributed by atoms with van der Waals surface area (Å²) in [6.07, 6.45) is 0.831. The highest BCUT2D eigenvalue weighted by Gasteiger charge is 2.22. The highest BCUT2D eigenvalue weighted by atomic mass is 16.2. The van der Waals surface area contributed by atoms with E-state index < -0.39 is 0 Å². The summed E-state index contributed by atoms with van der Waals surface area (Å²) in [6.45, 7) is 4.72. The van der Waals surface area contributed by atoms with Gasteiger partial charge >= 0.3 is 0 Å². The summed E-state index contributed by atoms with van der Waals surface area (Å²) >= 11 is 0. The minimum absolute atomic E-state index is 0.0145. The molecule has 0 radical (unpaired) electrons. The molecule has 0 bridgehead atoms. The van der Waals surface area contributed by atoms with E-state index in [0.717, 1.165) is 40.9 Å². The molecule has 7 heteroatoms. The number of aromatic amines is 1. The molecule has 1 aliphatic rings. The standard InChI is InChI=1S/C25H25N5O2/c1-18-7-9-20(10-8-18)30-24(31)12-11-23(27-30)28-13-4-14-29(16-15-28)25(32)22-17-19-5-2-3-6-21(19)26-22/h2-3,5-12,17,26H,4,13-16H2,1H3. The Morgan fingerprint density at radius 3 is 2.56 bits per heavy atom. The third-order valence-corrected chi connectivity index (χ3v) is 5.93. The molecule has 32 heavy (non-hydrogen) atoms. The Morgan fingerprint density at radius 1 is 0.938 bits per heavy atom. The predicted molar refractivity (Wildman–Crippen MR) is 126 cm³/mol. The summed E-state index contributed by atoms with van der Waals surface area (Å²) in [6, 6.07) is 20.9. The van der Waals surface area contributed by atoms with Crippen LogP contribution in [-0.4, -0.2) is 51.8 Å². The third kappa shape index (κ3) is 3.89. The quantitative estimate of drug-likeness (QED) is 0.544. The van der Waals surface area contributed by atoms with Crippen LogP contribution in [-0.2, 0) is 0 Å². The maximum atomic E-state index is 13.1. The van der Waals surface area contributed by atoms with Gasteiger partial charge in [0.05, 0.1) is 5.69 Å². The van der Waals surface area contributed by atoms with Crippen LogP contribution in [0.2, 0.25) is 0 Å². The number of H-pyrrole nitrogens is 1. The van der Waals surface area contributed by atoms with Crippen LogP contribution in [0.3, 0.4) is 0 Å². The second-order valence-electron chi connectivity index (χ2n) is 8.18. The smallest absolute Gasteiger partial charge is 0.271 e. The van der Waals surface area contributed by atoms with Crippen molar-refractivity contribution in [2.75, 3.05) is 31.1 Å². The summed E-state index contributed by atoms with van der Waals surface area (Å²) in [5.41, 5.74) is 3.29. The first kappa shape index (κ1) is 20.1. The zero-order valence-electron chi connectivity index (χ0n) is 18.0. The van der Waals surface area contributed by atoms with E-state index in [4.69, 9.17) is 0 Å². The number of carbonyl (C=O) groups excluding carboxylic acids is 1. The molecule has 162 valence electrons. The zero-order chi connectivity index (χ0) is 22.1. The number of benzene rings is 2. The zero-order valence-corrected chi connectivity index (χ0v) is 18.0. The Bertz CT molecular complexity index is 1290. The van der Waals surface area contributed by atoms with Gasteiger partial charge in [-0.1, -0.05) is 35.9 Å². The molecular formula is C25H25N5O2. The van der Waals surface area contributed by atoms with Gasteiger partial charge in [-0.3, -0.25) is 9.59 Å². The van der Waals surface area contributed by atoms with E-state index in [0.29, 0.717) is 25.3 Å². The summed E-state index contributed by atoms with van der Waals surface area (Å²) in [4.78, 5) is 32.8. The molecular weight excluding hydrogens is 402 g/mol. The average molecular weight is 428 g/mol. The van der Waals surface area contributed by atoms with Crippen LogP contribution < -0.4 is 10.5 Å². The van der Waals surface area contributed by atoms with Crippen LogP contribution >= 0.6 is 0 Å². The number of fused-ring (bicyclic) bond motifs is 1. The fourth-order valence-electron chi connectivity index (χ4n) is 4.15. The highest BCUT2D eigenvalue weighted by Crippen LogP contribution is 2.18. The predicted octanol–water partition coefficient (Wildman–Crippen LogP) is 3.37. The lowest BCUT2D eigenvalue weighted by Gasteiger charge is -2.23. The minimum Gasteiger partial charge on any atom is -0.353 e. The molecule has 0 aliphatic carbocycles. The summed E-state index contributed by atoms with van der Waals surface area (Å²) < 4.78 is 1.44. The number of aryl methyl sites for hydroxylation is 1. The van der Waals surface area contributed by atoms with Crippen molar-refractivity contribution in [2.24, 2.45) is 0 Å². The van der Waals surface area contributed by atoms with Crippen molar-refractivity contribution in [3.8, 4) is 5.69 Å². The first-order chi connectivity index (χ1) is 15.6. The molecule has 2 aromatic heterocycles. The molecule has 1 aliphatic heterocycles. The Balaban J connectivity index is 1.34. The van der Waals surface area contributed by atoms with Gasteiger partial charge in [0.1, 0.15) is 11.5 Å². The fourth-order valence-corrected chi connectivity index (χ4v) is 4.15. The largest absolute Gasteiger partial charge is 0.353 e. The molecule has 1 amide bonds. The van der Waals surface area contributed by atoms with E-state index in [1.165, 1.54) is 4.68 Å². The number of nitrogens with one attached hydrogen (secondary N) is 1. The number of rotatable bonds is 3. The van der Waals surface area contributed by atoms with Crippen molar-refractivity contribution in [3.63, 3.8) is 0 Å². The molecule has 1 N–H and O–H groups in total. The Labute approximate surface area is 185 Å². The fraction of sp³-hybridized carbons (Fsp3) is 0.240. The highest BCUT2D eigenvalue weighted by molar-refractivity contribution is 5.98. The Hall–Kier alpha value is -3.87. The maximum absolute atomic E-state index is 13.1. The SMILES string of the molecule is Cc1ccc(-n2nc(N3CCCN(C(=O)c4cc5ccccc5[nH]4)CC3)ccc2=O)cc1. The van der Waals surface area contributed by atoms with Gasteiger partial charge in [0.25, 0.3) is 11.5 Å². The number of hydrogen-bond acceptors (Lipinski definition) is 4. The topological polar surface area (TPSA) is 74.2 Å². The molecule has 1 fully saturated rings. The van der Waals surface area contributed by atoms with Crippen molar-refractivity contribution in [1.29, 1.82) is 0 Å². The molecule has 0 atom stereocenters. The van der Waals surface area contributed by atoms with Crippen LogP contribution in [0, 0.1) is 6.92 Å². The van der Waals surface area contributed by atoms with Crippen molar-refractivity contribution >= 4 is 22.6 Å². The van der Waals surface area contributed by atoms with Crippen molar-refractivity contribution in [1.82, 2.24) is 19.7 Å². The number of hydrogen-bond donors (Lipinski definition) is 1. The number of nitrogens with zero attached hydrogens (tertiary/aromatic N) is 4. The van der Waals surface area contributed by atoms with Gasteiger partial charge < -0.3 is 14.8 Å². The summed E-state index contributed by atoms with van der Waals surface area (Å²) in [7, 11) is 0. The van der Waals surface area contributed by atoms with Gasteiger partial charge in [0.2, 0.25) is 0 Å². The first-order valence-corrected chi connectivity index (χ1v) is 10.9. The van der Waals surface area contributed by atoms with Crippen LogP contribution in [0.5, 0.6) is 0 Å². The third-order valence-electron chi connectivity index (χ3n) is 5.93. The van der Waals surface area contributed by atoms with Crippen molar-refractivity contribution < 1.29 is 4.79 Å². The lowest BCUT2D eigenvalue weighted by molar-refractivity contribution is 0.0762. The molecule has 1 saturated heterocycles. The van der Waals surface area contributed by atoms with Gasteiger partial charge in [-0.05, 0) is 43.7 Å². The lowest BCUT2D eigenvalue weighted by atomic mass is 10.2. The number of anilines is 1. The second-order valence-corrected chi connectivity index (χ2v) is 8.18. The average Bonchev–Trinajstić information content (AvgIpc) is 3.10. The Kier molecular flexibility index (Phi) is 5.23. The van der Waals surface area contributed by atoms with Gasteiger partial charge in [-0.25, -0.2) is 0 Å². The number of carbonyl (C=O) groups is 1. The molecule has 0 unspecified atom stereocenters. The molecule has 4 aromatic rings. The number of amides is 1. The number of para-hydroxylation sites is 1. The normalized spacial score (nSPS) is 14.5. The van der Waals surface area contributed by atoms with Crippen LogP contribution in [0.25, 0.3) is 16.6 Å². The van der Waals surface area contributed by atoms with Crippen LogP contribution in [0.1, 0.15) is 22.5 Å². The van der Waals surface area contributed by atoms with E-state index in [9.17, 15) is 9.59 Å². The molecule has 3 heterocycles. The summed E-state index contributed by atoms with van der Waals surface area (Å²) in [5.74, 6) is 0.755. The van der Waals surface area contributed by atoms with Crippen molar-refractivity contribution in [2.45, 2.75) is 13.3 Å². The maximum Gasteiger partial charge on any atom is 0.271 e. The monoisotopic (exact) mass is 427 g/mol. The molecule has 2 aromatic carbocycles. The van der Waals surface area contributed by atoms with Crippen LogP contribution in [0.4, 0.5) is 5.82 Å². The minimum atomic E-state index is -0.164. The van der Waals surface area contributed by atoms with Crippen molar-refractivity contribution in [3.05, 3.63) is 88.3 Å². The number of aromatic nitrogens is 3. The Morgan fingerprint density at radius 2 is 1.75 bits per heavy atom. The molecule has 7 nitrogen and oxygen atoms in total. The molecule has 0 spiro atoms.